The number of halogens is 1. The van der Waals surface area contributed by atoms with Crippen molar-refractivity contribution >= 4 is 35.0 Å². The molecule has 2 aromatic rings. The maximum Gasteiger partial charge on any atom is 0.179 e. The first-order valence-electron chi connectivity index (χ1n) is 6.22. The van der Waals surface area contributed by atoms with Gasteiger partial charge in [-0.3, -0.25) is 4.57 Å². The molecule has 1 saturated carbocycles. The van der Waals surface area contributed by atoms with Crippen LogP contribution >= 0.6 is 23.8 Å². The van der Waals surface area contributed by atoms with Crippen LogP contribution < -0.4 is 0 Å². The molecule has 0 spiro atoms. The molecule has 0 saturated heterocycles. The molecule has 1 aliphatic rings. The summed E-state index contributed by atoms with van der Waals surface area (Å²) >= 11 is 11.4. The van der Waals surface area contributed by atoms with Crippen LogP contribution in [0.3, 0.4) is 0 Å². The molecule has 18 heavy (non-hydrogen) atoms. The predicted molar refractivity (Wildman–Crippen MR) is 76.6 cm³/mol. The maximum absolute atomic E-state index is 5.96. The highest BCUT2D eigenvalue weighted by atomic mass is 35.5. The monoisotopic (exact) mass is 281 g/mol. The number of nitrogens with zero attached hydrogens (tertiary/aromatic N) is 2. The SMILES string of the molecule is CC1(C)CCC(n2c(=S)[nH]c3cc(Cl)cnc32)C1. The quantitative estimate of drug-likeness (QED) is 0.781. The van der Waals surface area contributed by atoms with Crippen LogP contribution in [-0.4, -0.2) is 14.5 Å². The van der Waals surface area contributed by atoms with E-state index in [1.165, 1.54) is 12.8 Å². The number of hydrogen-bond donors (Lipinski definition) is 1. The van der Waals surface area contributed by atoms with Crippen molar-refractivity contribution in [3.8, 4) is 0 Å². The molecule has 1 fully saturated rings. The van der Waals surface area contributed by atoms with Crippen molar-refractivity contribution in [3.05, 3.63) is 22.1 Å². The average Bonchev–Trinajstić information content (AvgIpc) is 2.77. The lowest BCUT2D eigenvalue weighted by Gasteiger charge is -2.18. The molecule has 1 atom stereocenters. The van der Waals surface area contributed by atoms with Gasteiger partial charge in [0.2, 0.25) is 0 Å². The lowest BCUT2D eigenvalue weighted by Crippen LogP contribution is -2.09. The molecule has 0 bridgehead atoms. The Morgan fingerprint density at radius 1 is 1.56 bits per heavy atom. The number of imidazole rings is 1. The summed E-state index contributed by atoms with van der Waals surface area (Å²) in [5, 5.41) is 0.637. The van der Waals surface area contributed by atoms with E-state index >= 15 is 0 Å². The Kier molecular flexibility index (Phi) is 2.75. The lowest BCUT2D eigenvalue weighted by atomic mass is 9.92. The van der Waals surface area contributed by atoms with Crippen molar-refractivity contribution in [2.45, 2.75) is 39.2 Å². The summed E-state index contributed by atoms with van der Waals surface area (Å²) < 4.78 is 2.91. The molecule has 3 rings (SSSR count). The molecule has 2 heterocycles. The summed E-state index contributed by atoms with van der Waals surface area (Å²) in [6, 6.07) is 2.34. The molecule has 1 aliphatic carbocycles. The predicted octanol–water partition coefficient (Wildman–Crippen LogP) is 4.50. The van der Waals surface area contributed by atoms with Gasteiger partial charge in [-0.1, -0.05) is 25.4 Å². The molecule has 0 radical (unpaired) electrons. The molecule has 1 unspecified atom stereocenters. The van der Waals surface area contributed by atoms with Gasteiger partial charge in [-0.15, -0.1) is 0 Å². The molecule has 3 nitrogen and oxygen atoms in total. The van der Waals surface area contributed by atoms with Gasteiger partial charge in [-0.05, 0) is 43.0 Å². The zero-order valence-corrected chi connectivity index (χ0v) is 12.1. The van der Waals surface area contributed by atoms with E-state index in [1.807, 2.05) is 6.07 Å². The van der Waals surface area contributed by atoms with E-state index in [-0.39, 0.29) is 0 Å². The summed E-state index contributed by atoms with van der Waals surface area (Å²) in [4.78, 5) is 7.63. The number of aromatic amines is 1. The van der Waals surface area contributed by atoms with Gasteiger partial charge >= 0.3 is 0 Å². The summed E-state index contributed by atoms with van der Waals surface area (Å²) in [7, 11) is 0. The van der Waals surface area contributed by atoms with E-state index in [9.17, 15) is 0 Å². The number of pyridine rings is 1. The Morgan fingerprint density at radius 2 is 2.33 bits per heavy atom. The summed E-state index contributed by atoms with van der Waals surface area (Å²) in [6.45, 7) is 4.63. The highest BCUT2D eigenvalue weighted by Gasteiger charge is 2.33. The number of aromatic nitrogens is 3. The second-order valence-electron chi connectivity index (χ2n) is 5.89. The van der Waals surface area contributed by atoms with Gasteiger partial charge in [0.25, 0.3) is 0 Å². The second-order valence-corrected chi connectivity index (χ2v) is 6.71. The highest BCUT2D eigenvalue weighted by Crippen LogP contribution is 2.44. The number of hydrogen-bond acceptors (Lipinski definition) is 2. The topological polar surface area (TPSA) is 33.6 Å². The fourth-order valence-electron chi connectivity index (χ4n) is 2.95. The van der Waals surface area contributed by atoms with E-state index in [4.69, 9.17) is 23.8 Å². The smallest absolute Gasteiger partial charge is 0.179 e. The van der Waals surface area contributed by atoms with Gasteiger partial charge in [0, 0.05) is 12.2 Å². The van der Waals surface area contributed by atoms with Crippen LogP contribution in [-0.2, 0) is 0 Å². The second kappa shape index (κ2) is 4.07. The lowest BCUT2D eigenvalue weighted by molar-refractivity contribution is 0.359. The van der Waals surface area contributed by atoms with Crippen LogP contribution in [0.25, 0.3) is 11.2 Å². The van der Waals surface area contributed by atoms with Crippen LogP contribution in [0.5, 0.6) is 0 Å². The Balaban J connectivity index is 2.12. The van der Waals surface area contributed by atoms with Crippen LogP contribution in [0.2, 0.25) is 5.02 Å². The van der Waals surface area contributed by atoms with Crippen LogP contribution in [0.15, 0.2) is 12.3 Å². The molecule has 2 aromatic heterocycles. The van der Waals surface area contributed by atoms with Gasteiger partial charge in [-0.25, -0.2) is 4.98 Å². The summed E-state index contributed by atoms with van der Waals surface area (Å²) in [5.74, 6) is 0. The van der Waals surface area contributed by atoms with E-state index in [1.54, 1.807) is 6.20 Å². The Labute approximate surface area is 116 Å². The zero-order chi connectivity index (χ0) is 12.9. The third kappa shape index (κ3) is 1.97. The van der Waals surface area contributed by atoms with Crippen molar-refractivity contribution in [1.29, 1.82) is 0 Å². The van der Waals surface area contributed by atoms with Gasteiger partial charge in [0.05, 0.1) is 10.5 Å². The van der Waals surface area contributed by atoms with Crippen molar-refractivity contribution < 1.29 is 0 Å². The third-order valence-electron chi connectivity index (χ3n) is 3.83. The molecule has 5 heteroatoms. The Hall–Kier alpha value is -0.870. The van der Waals surface area contributed by atoms with Crippen LogP contribution in [0.4, 0.5) is 0 Å². The molecule has 0 amide bonds. The van der Waals surface area contributed by atoms with Crippen molar-refractivity contribution in [2.75, 3.05) is 0 Å². The standard InChI is InChI=1S/C13H16ClN3S/c1-13(2)4-3-9(6-13)17-11-10(16-12(17)18)5-8(14)7-15-11/h5,7,9H,3-4,6H2,1-2H3,(H,16,18). The number of H-pyrrole nitrogens is 1. The molecule has 0 aliphatic heterocycles. The Bertz CT molecular complexity index is 656. The van der Waals surface area contributed by atoms with Gasteiger partial charge < -0.3 is 4.98 Å². The largest absolute Gasteiger partial charge is 0.329 e. The first-order valence-corrected chi connectivity index (χ1v) is 7.01. The minimum Gasteiger partial charge on any atom is -0.329 e. The van der Waals surface area contributed by atoms with E-state index in [0.717, 1.165) is 22.4 Å². The maximum atomic E-state index is 5.96. The fourth-order valence-corrected chi connectivity index (χ4v) is 3.45. The van der Waals surface area contributed by atoms with E-state index in [0.29, 0.717) is 16.5 Å². The number of fused-ring (bicyclic) bond motifs is 1. The zero-order valence-electron chi connectivity index (χ0n) is 10.5. The van der Waals surface area contributed by atoms with Gasteiger partial charge in [0.1, 0.15) is 0 Å². The highest BCUT2D eigenvalue weighted by molar-refractivity contribution is 7.71. The first-order chi connectivity index (χ1) is 8.46. The molecule has 1 N–H and O–H groups in total. The van der Waals surface area contributed by atoms with Gasteiger partial charge in [-0.2, -0.15) is 0 Å². The number of rotatable bonds is 1. The molecule has 0 aromatic carbocycles. The Morgan fingerprint density at radius 3 is 3.00 bits per heavy atom. The van der Waals surface area contributed by atoms with Crippen molar-refractivity contribution in [1.82, 2.24) is 14.5 Å². The molecule has 96 valence electrons. The van der Waals surface area contributed by atoms with Gasteiger partial charge in [0.15, 0.2) is 10.4 Å². The van der Waals surface area contributed by atoms with Crippen molar-refractivity contribution in [2.24, 2.45) is 5.41 Å². The molecular formula is C13H16ClN3S. The average molecular weight is 282 g/mol. The number of nitrogens with one attached hydrogen (secondary N) is 1. The third-order valence-corrected chi connectivity index (χ3v) is 4.34. The van der Waals surface area contributed by atoms with E-state index in [2.05, 4.69) is 28.4 Å². The minimum absolute atomic E-state index is 0.398. The molecular weight excluding hydrogens is 266 g/mol. The summed E-state index contributed by atoms with van der Waals surface area (Å²) in [5.41, 5.74) is 2.25. The van der Waals surface area contributed by atoms with E-state index < -0.39 is 0 Å². The van der Waals surface area contributed by atoms with Crippen LogP contribution in [0, 0.1) is 10.2 Å². The van der Waals surface area contributed by atoms with Crippen LogP contribution in [0.1, 0.15) is 39.2 Å². The normalized spacial score (nSPS) is 22.7. The summed E-state index contributed by atoms with van der Waals surface area (Å²) in [6.07, 6.45) is 5.24. The first kappa shape index (κ1) is 12.2. The fraction of sp³-hybridized carbons (Fsp3) is 0.538. The van der Waals surface area contributed by atoms with Crippen molar-refractivity contribution in [3.63, 3.8) is 0 Å². The minimum atomic E-state index is 0.398.